The maximum absolute atomic E-state index is 13.2. The van der Waals surface area contributed by atoms with Crippen LogP contribution in [-0.2, 0) is 0 Å². The molecule has 5 heteroatoms. The van der Waals surface area contributed by atoms with Crippen LogP contribution in [0.15, 0.2) is 47.4 Å². The number of hydrogen-bond donors (Lipinski definition) is 1. The second-order valence-electron chi connectivity index (χ2n) is 5.60. The Labute approximate surface area is 153 Å². The predicted molar refractivity (Wildman–Crippen MR) is 102 cm³/mol. The van der Waals surface area contributed by atoms with Crippen LogP contribution in [0.5, 0.6) is 0 Å². The van der Waals surface area contributed by atoms with Crippen LogP contribution in [0.4, 0.5) is 10.1 Å². The number of rotatable bonds is 4. The molecule has 1 aliphatic carbocycles. The molecule has 1 saturated carbocycles. The fraction of sp³-hybridized carbons (Fsp3) is 0.278. The minimum atomic E-state index is -0.330. The Kier molecular flexibility index (Phi) is 5.58. The minimum absolute atomic E-state index is 0.200. The molecular formula is C18H17FINOS. The van der Waals surface area contributed by atoms with Gasteiger partial charge < -0.3 is 5.32 Å². The van der Waals surface area contributed by atoms with Crippen molar-refractivity contribution in [2.75, 3.05) is 5.32 Å². The molecule has 1 fully saturated rings. The number of benzene rings is 2. The Morgan fingerprint density at radius 1 is 1.17 bits per heavy atom. The lowest BCUT2D eigenvalue weighted by Gasteiger charge is -2.14. The molecule has 0 atom stereocenters. The van der Waals surface area contributed by atoms with E-state index < -0.39 is 0 Å². The van der Waals surface area contributed by atoms with Crippen molar-refractivity contribution >= 4 is 45.9 Å². The van der Waals surface area contributed by atoms with E-state index in [1.807, 2.05) is 58.6 Å². The molecule has 0 spiro atoms. The van der Waals surface area contributed by atoms with Crippen LogP contribution in [0.25, 0.3) is 0 Å². The molecule has 2 nitrogen and oxygen atoms in total. The summed E-state index contributed by atoms with van der Waals surface area (Å²) in [7, 11) is 0. The molecule has 23 heavy (non-hydrogen) atoms. The van der Waals surface area contributed by atoms with Crippen molar-refractivity contribution in [3.05, 3.63) is 57.4 Å². The Morgan fingerprint density at radius 2 is 1.91 bits per heavy atom. The zero-order valence-electron chi connectivity index (χ0n) is 12.5. The van der Waals surface area contributed by atoms with Gasteiger partial charge in [-0.1, -0.05) is 25.0 Å². The molecule has 0 saturated heterocycles. The van der Waals surface area contributed by atoms with Crippen LogP contribution in [0.1, 0.15) is 36.0 Å². The number of amides is 1. The van der Waals surface area contributed by atoms with Crippen LogP contribution >= 0.6 is 34.4 Å². The van der Waals surface area contributed by atoms with Gasteiger partial charge in [0.25, 0.3) is 5.91 Å². The van der Waals surface area contributed by atoms with Crippen molar-refractivity contribution in [3.8, 4) is 0 Å². The van der Waals surface area contributed by atoms with E-state index in [0.717, 1.165) is 10.6 Å². The number of hydrogen-bond acceptors (Lipinski definition) is 2. The zero-order chi connectivity index (χ0) is 16.2. The highest BCUT2D eigenvalue weighted by Gasteiger charge is 2.19. The van der Waals surface area contributed by atoms with Crippen LogP contribution in [0.2, 0.25) is 0 Å². The smallest absolute Gasteiger partial charge is 0.256 e. The van der Waals surface area contributed by atoms with E-state index in [0.29, 0.717) is 14.4 Å². The third-order valence-corrected chi connectivity index (χ3v) is 6.21. The Balaban J connectivity index is 1.77. The molecule has 1 amide bonds. The number of anilines is 1. The van der Waals surface area contributed by atoms with Gasteiger partial charge in [-0.15, -0.1) is 11.8 Å². The van der Waals surface area contributed by atoms with Crippen molar-refractivity contribution in [3.63, 3.8) is 0 Å². The van der Waals surface area contributed by atoms with Crippen molar-refractivity contribution in [1.29, 1.82) is 0 Å². The first-order chi connectivity index (χ1) is 11.1. The predicted octanol–water partition coefficient (Wildman–Crippen LogP) is 5.72. The molecular weight excluding hydrogens is 424 g/mol. The molecule has 0 bridgehead atoms. The molecule has 0 heterocycles. The van der Waals surface area contributed by atoms with Crippen molar-refractivity contribution in [1.82, 2.24) is 0 Å². The fourth-order valence-corrected chi connectivity index (χ4v) is 4.78. The van der Waals surface area contributed by atoms with E-state index in [2.05, 4.69) is 5.32 Å². The van der Waals surface area contributed by atoms with Gasteiger partial charge in [0.2, 0.25) is 0 Å². The molecule has 0 radical (unpaired) electrons. The summed E-state index contributed by atoms with van der Waals surface area (Å²) in [5.74, 6) is -0.531. The van der Waals surface area contributed by atoms with Crippen molar-refractivity contribution < 1.29 is 9.18 Å². The summed E-state index contributed by atoms with van der Waals surface area (Å²) in [6.07, 6.45) is 5.06. The standard InChI is InChI=1S/C18H17FINOS/c19-12-9-10-14(15(20)11-12)18(22)21-16-7-3-4-8-17(16)23-13-5-1-2-6-13/h3-4,7-11,13H,1-2,5-6H2,(H,21,22). The summed E-state index contributed by atoms with van der Waals surface area (Å²) in [6, 6.07) is 12.1. The largest absolute Gasteiger partial charge is 0.321 e. The molecule has 2 aromatic rings. The van der Waals surface area contributed by atoms with Gasteiger partial charge in [-0.2, -0.15) is 0 Å². The SMILES string of the molecule is O=C(Nc1ccccc1SC1CCCC1)c1ccc(F)cc1I. The molecule has 0 aromatic heterocycles. The lowest BCUT2D eigenvalue weighted by atomic mass is 10.2. The first kappa shape index (κ1) is 16.8. The average Bonchev–Trinajstić information content (AvgIpc) is 3.02. The second kappa shape index (κ2) is 7.66. The third kappa shape index (κ3) is 4.26. The van der Waals surface area contributed by atoms with Gasteiger partial charge >= 0.3 is 0 Å². The number of thioether (sulfide) groups is 1. The average molecular weight is 441 g/mol. The molecule has 3 rings (SSSR count). The molecule has 0 aliphatic heterocycles. The Bertz CT molecular complexity index is 716. The van der Waals surface area contributed by atoms with Gasteiger partial charge in [0, 0.05) is 13.7 Å². The highest BCUT2D eigenvalue weighted by atomic mass is 127. The van der Waals surface area contributed by atoms with Gasteiger partial charge in [0.05, 0.1) is 11.3 Å². The monoisotopic (exact) mass is 441 g/mol. The molecule has 0 unspecified atom stereocenters. The van der Waals surface area contributed by atoms with Crippen LogP contribution in [-0.4, -0.2) is 11.2 Å². The lowest BCUT2D eigenvalue weighted by Crippen LogP contribution is -2.14. The third-order valence-electron chi connectivity index (χ3n) is 3.91. The summed E-state index contributed by atoms with van der Waals surface area (Å²) in [5, 5.41) is 3.61. The van der Waals surface area contributed by atoms with Gasteiger partial charge in [0.1, 0.15) is 5.82 Å². The molecule has 1 N–H and O–H groups in total. The zero-order valence-corrected chi connectivity index (χ0v) is 15.5. The highest BCUT2D eigenvalue weighted by molar-refractivity contribution is 14.1. The lowest BCUT2D eigenvalue weighted by molar-refractivity contribution is 0.102. The fourth-order valence-electron chi connectivity index (χ4n) is 2.72. The number of para-hydroxylation sites is 1. The molecule has 2 aromatic carbocycles. The van der Waals surface area contributed by atoms with Crippen LogP contribution in [0, 0.1) is 9.39 Å². The molecule has 1 aliphatic rings. The summed E-state index contributed by atoms with van der Waals surface area (Å²) in [4.78, 5) is 13.6. The number of nitrogens with one attached hydrogen (secondary N) is 1. The number of carbonyl (C=O) groups excluding carboxylic acids is 1. The summed E-state index contributed by atoms with van der Waals surface area (Å²) in [6.45, 7) is 0. The highest BCUT2D eigenvalue weighted by Crippen LogP contribution is 2.38. The van der Waals surface area contributed by atoms with Crippen LogP contribution < -0.4 is 5.32 Å². The quantitative estimate of drug-likeness (QED) is 0.616. The van der Waals surface area contributed by atoms with E-state index in [4.69, 9.17) is 0 Å². The van der Waals surface area contributed by atoms with E-state index >= 15 is 0 Å². The first-order valence-corrected chi connectivity index (χ1v) is 9.61. The van der Waals surface area contributed by atoms with E-state index in [-0.39, 0.29) is 11.7 Å². The second-order valence-corrected chi connectivity index (χ2v) is 8.10. The van der Waals surface area contributed by atoms with Gasteiger partial charge in [-0.3, -0.25) is 4.79 Å². The van der Waals surface area contributed by atoms with Gasteiger partial charge in [0.15, 0.2) is 0 Å². The number of halogens is 2. The topological polar surface area (TPSA) is 29.1 Å². The van der Waals surface area contributed by atoms with Crippen molar-refractivity contribution in [2.45, 2.75) is 35.8 Å². The van der Waals surface area contributed by atoms with E-state index in [1.54, 1.807) is 0 Å². The van der Waals surface area contributed by atoms with E-state index in [9.17, 15) is 9.18 Å². The maximum atomic E-state index is 13.2. The summed E-state index contributed by atoms with van der Waals surface area (Å²) in [5.41, 5.74) is 1.32. The first-order valence-electron chi connectivity index (χ1n) is 7.65. The van der Waals surface area contributed by atoms with Gasteiger partial charge in [-0.25, -0.2) is 4.39 Å². The van der Waals surface area contributed by atoms with Crippen LogP contribution in [0.3, 0.4) is 0 Å². The normalized spacial score (nSPS) is 14.9. The van der Waals surface area contributed by atoms with Crippen molar-refractivity contribution in [2.24, 2.45) is 0 Å². The molecule has 120 valence electrons. The summed E-state index contributed by atoms with van der Waals surface area (Å²) < 4.78 is 13.8. The Morgan fingerprint density at radius 3 is 2.65 bits per heavy atom. The number of carbonyl (C=O) groups is 1. The van der Waals surface area contributed by atoms with Gasteiger partial charge in [-0.05, 0) is 65.8 Å². The Hall–Kier alpha value is -1.08. The van der Waals surface area contributed by atoms with E-state index in [1.165, 1.54) is 43.9 Å². The minimum Gasteiger partial charge on any atom is -0.321 e. The summed E-state index contributed by atoms with van der Waals surface area (Å²) >= 11 is 3.83. The maximum Gasteiger partial charge on any atom is 0.256 e.